The summed E-state index contributed by atoms with van der Waals surface area (Å²) in [6.07, 6.45) is 0.797. The van der Waals surface area contributed by atoms with Crippen LogP contribution in [0.4, 0.5) is 0 Å². The first-order valence-corrected chi connectivity index (χ1v) is 5.31. The molecule has 0 bridgehead atoms. The van der Waals surface area contributed by atoms with Gasteiger partial charge in [0.15, 0.2) is 15.9 Å². The van der Waals surface area contributed by atoms with Crippen LogP contribution in [0.15, 0.2) is 14.3 Å². The lowest BCUT2D eigenvalue weighted by molar-refractivity contribution is 0.652. The number of rotatable bonds is 2. The molecule has 0 atom stereocenters. The van der Waals surface area contributed by atoms with Crippen molar-refractivity contribution in [2.24, 2.45) is 0 Å². The van der Waals surface area contributed by atoms with E-state index >= 15 is 0 Å². The largest absolute Gasteiger partial charge is 0.330 e. The van der Waals surface area contributed by atoms with E-state index in [0.29, 0.717) is 22.4 Å². The Morgan fingerprint density at radius 1 is 1.40 bits per heavy atom. The Hall–Kier alpha value is -1.37. The van der Waals surface area contributed by atoms with Gasteiger partial charge in [0, 0.05) is 6.54 Å². The summed E-state index contributed by atoms with van der Waals surface area (Å²) in [7, 11) is 0. The van der Waals surface area contributed by atoms with Gasteiger partial charge in [-0.15, -0.1) is 0 Å². The molecule has 0 saturated carbocycles. The van der Waals surface area contributed by atoms with E-state index in [1.54, 1.807) is 0 Å². The van der Waals surface area contributed by atoms with Gasteiger partial charge in [-0.25, -0.2) is 9.78 Å². The Morgan fingerprint density at radius 3 is 2.80 bits per heavy atom. The highest BCUT2D eigenvalue weighted by Gasteiger charge is 2.10. The molecule has 0 aliphatic rings. The number of aryl methyl sites for hydroxylation is 1. The van der Waals surface area contributed by atoms with Crippen LogP contribution in [0.3, 0.4) is 0 Å². The zero-order valence-corrected chi connectivity index (χ0v) is 9.59. The summed E-state index contributed by atoms with van der Waals surface area (Å²) >= 11 is 3.13. The van der Waals surface area contributed by atoms with Crippen LogP contribution in [0.1, 0.15) is 13.3 Å². The molecule has 0 fully saturated rings. The quantitative estimate of drug-likeness (QED) is 0.785. The summed E-state index contributed by atoms with van der Waals surface area (Å²) in [6.45, 7) is 2.48. The molecule has 0 unspecified atom stereocenters. The van der Waals surface area contributed by atoms with Crippen LogP contribution in [0.2, 0.25) is 0 Å². The van der Waals surface area contributed by atoms with E-state index in [1.165, 1.54) is 4.57 Å². The van der Waals surface area contributed by atoms with Gasteiger partial charge in [0.25, 0.3) is 5.56 Å². The van der Waals surface area contributed by atoms with Crippen molar-refractivity contribution in [2.75, 3.05) is 0 Å². The maximum Gasteiger partial charge on any atom is 0.330 e. The van der Waals surface area contributed by atoms with E-state index in [2.05, 4.69) is 30.9 Å². The van der Waals surface area contributed by atoms with E-state index in [-0.39, 0.29) is 0 Å². The third-order valence-corrected chi connectivity index (χ3v) is 2.43. The standard InChI is InChI=1S/C8H9BrN4O2/c1-2-3-13-5-4(10-7(9)11-5)6(14)12-8(13)15/h2-3H2,1H3,(H,10,11)(H,12,14,15). The first-order chi connectivity index (χ1) is 7.13. The third kappa shape index (κ3) is 1.63. The third-order valence-electron chi connectivity index (χ3n) is 2.05. The van der Waals surface area contributed by atoms with Crippen LogP contribution in [0, 0.1) is 0 Å². The van der Waals surface area contributed by atoms with Crippen molar-refractivity contribution in [1.82, 2.24) is 19.5 Å². The molecule has 15 heavy (non-hydrogen) atoms. The molecular formula is C8H9BrN4O2. The first kappa shape index (κ1) is 10.2. The highest BCUT2D eigenvalue weighted by atomic mass is 79.9. The Kier molecular flexibility index (Phi) is 2.47. The Bertz CT molecular complexity index is 609. The van der Waals surface area contributed by atoms with Gasteiger partial charge < -0.3 is 4.98 Å². The van der Waals surface area contributed by atoms with Crippen LogP contribution in [0.25, 0.3) is 11.2 Å². The first-order valence-electron chi connectivity index (χ1n) is 4.51. The van der Waals surface area contributed by atoms with Crippen molar-refractivity contribution in [3.8, 4) is 0 Å². The number of aromatic amines is 2. The molecule has 2 N–H and O–H groups in total. The van der Waals surface area contributed by atoms with Gasteiger partial charge in [0.2, 0.25) is 0 Å². The number of aromatic nitrogens is 4. The van der Waals surface area contributed by atoms with Gasteiger partial charge in [0.1, 0.15) is 0 Å². The number of hydrogen-bond acceptors (Lipinski definition) is 3. The molecule has 7 heteroatoms. The average Bonchev–Trinajstić information content (AvgIpc) is 2.55. The molecule has 0 radical (unpaired) electrons. The van der Waals surface area contributed by atoms with Gasteiger partial charge in [-0.05, 0) is 22.4 Å². The molecule has 80 valence electrons. The molecule has 0 spiro atoms. The monoisotopic (exact) mass is 272 g/mol. The van der Waals surface area contributed by atoms with Gasteiger partial charge in [-0.1, -0.05) is 6.92 Å². The van der Waals surface area contributed by atoms with Crippen molar-refractivity contribution in [1.29, 1.82) is 0 Å². The summed E-state index contributed by atoms with van der Waals surface area (Å²) in [4.78, 5) is 32.0. The number of hydrogen-bond donors (Lipinski definition) is 2. The Labute approximate surface area is 92.5 Å². The van der Waals surface area contributed by atoms with Gasteiger partial charge >= 0.3 is 5.69 Å². The lowest BCUT2D eigenvalue weighted by Crippen LogP contribution is -2.30. The van der Waals surface area contributed by atoms with E-state index in [0.717, 1.165) is 6.42 Å². The Morgan fingerprint density at radius 2 is 2.13 bits per heavy atom. The second-order valence-corrected chi connectivity index (χ2v) is 3.89. The highest BCUT2D eigenvalue weighted by Crippen LogP contribution is 2.09. The van der Waals surface area contributed by atoms with E-state index < -0.39 is 11.2 Å². The lowest BCUT2D eigenvalue weighted by atomic mass is 10.4. The SMILES string of the molecule is CCCn1c(=O)[nH]c(=O)c2[nH]c(Br)nc21. The lowest BCUT2D eigenvalue weighted by Gasteiger charge is -2.02. The molecule has 0 aliphatic carbocycles. The number of imidazole rings is 1. The molecule has 0 aromatic carbocycles. The summed E-state index contributed by atoms with van der Waals surface area (Å²) in [5.41, 5.74) is -0.165. The average molecular weight is 273 g/mol. The minimum atomic E-state index is -0.444. The predicted octanol–water partition coefficient (Wildman–Crippen LogP) is 0.585. The normalized spacial score (nSPS) is 11.1. The van der Waals surface area contributed by atoms with Crippen molar-refractivity contribution in [3.63, 3.8) is 0 Å². The molecule has 0 saturated heterocycles. The summed E-state index contributed by atoms with van der Waals surface area (Å²) in [5.74, 6) is 0. The van der Waals surface area contributed by atoms with E-state index in [1.807, 2.05) is 6.92 Å². The van der Waals surface area contributed by atoms with Crippen LogP contribution in [-0.2, 0) is 6.54 Å². The molecule has 0 amide bonds. The van der Waals surface area contributed by atoms with Gasteiger partial charge in [0.05, 0.1) is 0 Å². The second-order valence-electron chi connectivity index (χ2n) is 3.14. The van der Waals surface area contributed by atoms with Crippen LogP contribution >= 0.6 is 15.9 Å². The van der Waals surface area contributed by atoms with Gasteiger partial charge in [-0.2, -0.15) is 0 Å². The fourth-order valence-electron chi connectivity index (χ4n) is 1.44. The highest BCUT2D eigenvalue weighted by molar-refractivity contribution is 9.10. The summed E-state index contributed by atoms with van der Waals surface area (Å²) < 4.78 is 1.89. The Balaban J connectivity index is 2.89. The minimum Gasteiger partial charge on any atom is -0.327 e. The molecule has 2 aromatic rings. The maximum absolute atomic E-state index is 11.5. The molecule has 2 rings (SSSR count). The maximum atomic E-state index is 11.5. The van der Waals surface area contributed by atoms with Crippen molar-refractivity contribution in [2.45, 2.75) is 19.9 Å². The molecule has 6 nitrogen and oxygen atoms in total. The fourth-order valence-corrected chi connectivity index (χ4v) is 1.81. The smallest absolute Gasteiger partial charge is 0.327 e. The molecule has 2 aromatic heterocycles. The van der Waals surface area contributed by atoms with Crippen molar-refractivity contribution >= 4 is 27.1 Å². The predicted molar refractivity (Wildman–Crippen MR) is 59.0 cm³/mol. The second kappa shape index (κ2) is 3.65. The van der Waals surface area contributed by atoms with Crippen molar-refractivity contribution < 1.29 is 0 Å². The summed E-state index contributed by atoms with van der Waals surface area (Å²) in [6, 6.07) is 0. The molecule has 2 heterocycles. The number of halogens is 1. The zero-order chi connectivity index (χ0) is 11.0. The number of nitrogens with zero attached hydrogens (tertiary/aromatic N) is 2. The summed E-state index contributed by atoms with van der Waals surface area (Å²) in [5, 5.41) is 0. The topological polar surface area (TPSA) is 83.5 Å². The molecular weight excluding hydrogens is 264 g/mol. The minimum absolute atomic E-state index is 0.315. The number of nitrogens with one attached hydrogen (secondary N) is 2. The van der Waals surface area contributed by atoms with Crippen LogP contribution in [-0.4, -0.2) is 19.5 Å². The number of H-pyrrole nitrogens is 2. The zero-order valence-electron chi connectivity index (χ0n) is 8.00. The van der Waals surface area contributed by atoms with Crippen LogP contribution in [0.5, 0.6) is 0 Å². The van der Waals surface area contributed by atoms with Crippen LogP contribution < -0.4 is 11.2 Å². The van der Waals surface area contributed by atoms with E-state index in [9.17, 15) is 9.59 Å². The molecule has 0 aliphatic heterocycles. The van der Waals surface area contributed by atoms with Crippen molar-refractivity contribution in [3.05, 3.63) is 25.6 Å². The van der Waals surface area contributed by atoms with E-state index in [4.69, 9.17) is 0 Å². The number of fused-ring (bicyclic) bond motifs is 1. The fraction of sp³-hybridized carbons (Fsp3) is 0.375. The van der Waals surface area contributed by atoms with Gasteiger partial charge in [-0.3, -0.25) is 14.3 Å².